The molecular weight excluding hydrogens is 170 g/mol. The van der Waals surface area contributed by atoms with E-state index in [1.54, 1.807) is 0 Å². The third kappa shape index (κ3) is 7.42. The van der Waals surface area contributed by atoms with Gasteiger partial charge < -0.3 is 14.8 Å². The highest BCUT2D eigenvalue weighted by Crippen LogP contribution is 1.81. The zero-order valence-corrected chi connectivity index (χ0v) is 7.19. The minimum Gasteiger partial charge on any atom is -0.447 e. The molecule has 0 rings (SSSR count). The highest BCUT2D eigenvalue weighted by molar-refractivity contribution is 6.17. The molecule has 1 amide bonds. The number of alkyl carbamates (subject to hydrolysis) is 1. The van der Waals surface area contributed by atoms with Crippen molar-refractivity contribution in [2.45, 2.75) is 0 Å². The van der Waals surface area contributed by atoms with E-state index >= 15 is 0 Å². The van der Waals surface area contributed by atoms with Crippen molar-refractivity contribution in [3.05, 3.63) is 0 Å². The topological polar surface area (TPSA) is 47.6 Å². The minimum atomic E-state index is -0.445. The Morgan fingerprint density at radius 3 is 2.73 bits per heavy atom. The van der Waals surface area contributed by atoms with E-state index in [-0.39, 0.29) is 6.61 Å². The summed E-state index contributed by atoms with van der Waals surface area (Å²) in [5.41, 5.74) is 0. The fraction of sp³-hybridized carbons (Fsp3) is 0.833. The molecule has 11 heavy (non-hydrogen) atoms. The maximum Gasteiger partial charge on any atom is 0.406 e. The van der Waals surface area contributed by atoms with Crippen LogP contribution in [0.4, 0.5) is 4.79 Å². The zero-order chi connectivity index (χ0) is 8.53. The van der Waals surface area contributed by atoms with Gasteiger partial charge in [-0.15, -0.1) is 11.6 Å². The number of amides is 1. The highest BCUT2D eigenvalue weighted by atomic mass is 35.5. The van der Waals surface area contributed by atoms with E-state index in [0.29, 0.717) is 19.1 Å². The van der Waals surface area contributed by atoms with Gasteiger partial charge in [-0.2, -0.15) is 0 Å². The third-order valence-corrected chi connectivity index (χ3v) is 1.04. The van der Waals surface area contributed by atoms with Crippen LogP contribution in [0.3, 0.4) is 0 Å². The Morgan fingerprint density at radius 2 is 2.18 bits per heavy atom. The summed E-state index contributed by atoms with van der Waals surface area (Å²) in [6.45, 7) is 1.13. The van der Waals surface area contributed by atoms with Gasteiger partial charge in [0.1, 0.15) is 6.61 Å². The molecule has 4 nitrogen and oxygen atoms in total. The van der Waals surface area contributed by atoms with E-state index in [9.17, 15) is 4.79 Å². The van der Waals surface area contributed by atoms with E-state index in [4.69, 9.17) is 16.3 Å². The molecule has 0 spiro atoms. The molecule has 0 aromatic carbocycles. The number of halogens is 1. The van der Waals surface area contributed by atoms with Crippen LogP contribution >= 0.6 is 11.6 Å². The second kappa shape index (κ2) is 7.63. The van der Waals surface area contributed by atoms with Crippen molar-refractivity contribution >= 4 is 17.7 Å². The molecule has 66 valence electrons. The van der Waals surface area contributed by atoms with Gasteiger partial charge in [-0.3, -0.25) is 0 Å². The van der Waals surface area contributed by atoms with Gasteiger partial charge in [-0.25, -0.2) is 4.79 Å². The molecule has 0 saturated heterocycles. The van der Waals surface area contributed by atoms with Gasteiger partial charge >= 0.3 is 6.09 Å². The SMILES string of the molecule is CNC(=O)OCCOCCCl. The number of hydrogen-bond acceptors (Lipinski definition) is 3. The number of ether oxygens (including phenoxy) is 2. The maximum atomic E-state index is 10.4. The summed E-state index contributed by atoms with van der Waals surface area (Å²) in [7, 11) is 1.50. The van der Waals surface area contributed by atoms with E-state index < -0.39 is 6.09 Å². The standard InChI is InChI=1S/C6H12ClNO3/c1-8-6(9)11-5-4-10-3-2-7/h2-5H2,1H3,(H,8,9). The van der Waals surface area contributed by atoms with Crippen molar-refractivity contribution in [3.63, 3.8) is 0 Å². The van der Waals surface area contributed by atoms with E-state index in [1.165, 1.54) is 7.05 Å². The van der Waals surface area contributed by atoms with Crippen LogP contribution < -0.4 is 5.32 Å². The summed E-state index contributed by atoms with van der Waals surface area (Å²) < 4.78 is 9.56. The van der Waals surface area contributed by atoms with E-state index in [0.717, 1.165) is 0 Å². The summed E-state index contributed by atoms with van der Waals surface area (Å²) in [5.74, 6) is 0.458. The predicted octanol–water partition coefficient (Wildman–Crippen LogP) is 0.598. The van der Waals surface area contributed by atoms with Crippen molar-refractivity contribution in [3.8, 4) is 0 Å². The van der Waals surface area contributed by atoms with Crippen LogP contribution in [0.2, 0.25) is 0 Å². The molecule has 0 aliphatic rings. The Hall–Kier alpha value is -0.480. The number of alkyl halides is 1. The molecule has 0 saturated carbocycles. The predicted molar refractivity (Wildman–Crippen MR) is 41.9 cm³/mol. The highest BCUT2D eigenvalue weighted by Gasteiger charge is 1.95. The molecule has 5 heteroatoms. The second-order valence-corrected chi connectivity index (χ2v) is 2.07. The van der Waals surface area contributed by atoms with Gasteiger partial charge in [0.05, 0.1) is 13.2 Å². The monoisotopic (exact) mass is 181 g/mol. The molecule has 0 atom stereocenters. The molecule has 0 heterocycles. The van der Waals surface area contributed by atoms with Crippen molar-refractivity contribution < 1.29 is 14.3 Å². The summed E-state index contributed by atoms with van der Waals surface area (Å²) in [6, 6.07) is 0. The quantitative estimate of drug-likeness (QED) is 0.499. The summed E-state index contributed by atoms with van der Waals surface area (Å²) in [6.07, 6.45) is -0.445. The molecule has 0 bridgehead atoms. The minimum absolute atomic E-state index is 0.260. The first-order valence-corrected chi connectivity index (χ1v) is 3.83. The Balaban J connectivity index is 2.95. The summed E-state index contributed by atoms with van der Waals surface area (Å²) in [5, 5.41) is 2.31. The van der Waals surface area contributed by atoms with Crippen LogP contribution in [-0.4, -0.2) is 38.8 Å². The number of hydrogen-bond donors (Lipinski definition) is 1. The molecule has 0 aliphatic heterocycles. The molecule has 0 radical (unpaired) electrons. The Bertz CT molecular complexity index is 110. The van der Waals surface area contributed by atoms with Gasteiger partial charge in [-0.05, 0) is 0 Å². The number of carbonyl (C=O) groups is 1. The van der Waals surface area contributed by atoms with Crippen LogP contribution in [0.5, 0.6) is 0 Å². The van der Waals surface area contributed by atoms with Gasteiger partial charge in [0.2, 0.25) is 0 Å². The first-order chi connectivity index (χ1) is 5.31. The molecule has 0 aliphatic carbocycles. The van der Waals surface area contributed by atoms with Crippen LogP contribution in [0, 0.1) is 0 Å². The summed E-state index contributed by atoms with van der Waals surface area (Å²) >= 11 is 5.33. The lowest BCUT2D eigenvalue weighted by molar-refractivity contribution is 0.0806. The first-order valence-electron chi connectivity index (χ1n) is 3.29. The van der Waals surface area contributed by atoms with Gasteiger partial charge in [0.15, 0.2) is 0 Å². The van der Waals surface area contributed by atoms with Crippen LogP contribution in [-0.2, 0) is 9.47 Å². The molecule has 0 fully saturated rings. The van der Waals surface area contributed by atoms with E-state index in [2.05, 4.69) is 10.1 Å². The van der Waals surface area contributed by atoms with Gasteiger partial charge in [0, 0.05) is 12.9 Å². The maximum absolute atomic E-state index is 10.4. The third-order valence-electron chi connectivity index (χ3n) is 0.886. The van der Waals surface area contributed by atoms with Crippen molar-refractivity contribution in [2.24, 2.45) is 0 Å². The van der Waals surface area contributed by atoms with Crippen molar-refractivity contribution in [1.29, 1.82) is 0 Å². The molecule has 1 N–H and O–H groups in total. The first kappa shape index (κ1) is 10.5. The number of rotatable bonds is 5. The fourth-order valence-electron chi connectivity index (χ4n) is 0.422. The summed E-state index contributed by atoms with van der Waals surface area (Å²) in [4.78, 5) is 10.4. The van der Waals surface area contributed by atoms with Gasteiger partial charge in [0.25, 0.3) is 0 Å². The molecule has 0 aromatic rings. The smallest absolute Gasteiger partial charge is 0.406 e. The lowest BCUT2D eigenvalue weighted by Gasteiger charge is -2.03. The Kier molecular flexibility index (Phi) is 7.29. The van der Waals surface area contributed by atoms with Crippen molar-refractivity contribution in [1.82, 2.24) is 5.32 Å². The lowest BCUT2D eigenvalue weighted by Crippen LogP contribution is -2.21. The number of nitrogens with one attached hydrogen (secondary N) is 1. The Labute approximate surface area is 70.8 Å². The number of carbonyl (C=O) groups excluding carboxylic acids is 1. The fourth-order valence-corrected chi connectivity index (χ4v) is 0.531. The zero-order valence-electron chi connectivity index (χ0n) is 6.43. The largest absolute Gasteiger partial charge is 0.447 e. The Morgan fingerprint density at radius 1 is 1.45 bits per heavy atom. The van der Waals surface area contributed by atoms with Gasteiger partial charge in [-0.1, -0.05) is 0 Å². The second-order valence-electron chi connectivity index (χ2n) is 1.69. The molecular formula is C6H12ClNO3. The molecule has 0 unspecified atom stereocenters. The normalized spacial score (nSPS) is 9.27. The molecule has 0 aromatic heterocycles. The average Bonchev–Trinajstić information content (AvgIpc) is 2.04. The lowest BCUT2D eigenvalue weighted by atomic mass is 10.7. The van der Waals surface area contributed by atoms with Crippen LogP contribution in [0.1, 0.15) is 0 Å². The van der Waals surface area contributed by atoms with Crippen molar-refractivity contribution in [2.75, 3.05) is 32.7 Å². The van der Waals surface area contributed by atoms with Crippen LogP contribution in [0.15, 0.2) is 0 Å². The average molecular weight is 182 g/mol. The van der Waals surface area contributed by atoms with E-state index in [1.807, 2.05) is 0 Å². The van der Waals surface area contributed by atoms with Crippen LogP contribution in [0.25, 0.3) is 0 Å².